The molecule has 17 heavy (non-hydrogen) atoms. The number of hydrogen-bond acceptors (Lipinski definition) is 3. The Labute approximate surface area is 97.3 Å². The molecule has 4 nitrogen and oxygen atoms in total. The average Bonchev–Trinajstić information content (AvgIpc) is 2.28. The molecule has 1 amide bonds. The van der Waals surface area contributed by atoms with Crippen LogP contribution in [0.1, 0.15) is 17.3 Å². The fraction of sp³-hybridized carbons (Fsp3) is 0.364. The molecule has 0 saturated heterocycles. The van der Waals surface area contributed by atoms with Crippen LogP contribution in [-0.4, -0.2) is 25.7 Å². The third-order valence-corrected chi connectivity index (χ3v) is 1.98. The molecule has 0 aliphatic rings. The highest BCUT2D eigenvalue weighted by molar-refractivity contribution is 5.95. The van der Waals surface area contributed by atoms with Gasteiger partial charge in [-0.3, -0.25) is 4.79 Å². The Morgan fingerprint density at radius 2 is 1.94 bits per heavy atom. The monoisotopic (exact) mass is 245 g/mol. The lowest BCUT2D eigenvalue weighted by Crippen LogP contribution is -2.15. The molecule has 0 radical (unpaired) electrons. The van der Waals surface area contributed by atoms with Crippen LogP contribution in [0.3, 0.4) is 0 Å². The molecule has 0 aromatic heterocycles. The number of halogens is 2. The summed E-state index contributed by atoms with van der Waals surface area (Å²) in [6.07, 6.45) is 0. The van der Waals surface area contributed by atoms with Crippen molar-refractivity contribution in [3.05, 3.63) is 29.3 Å². The van der Waals surface area contributed by atoms with Gasteiger partial charge in [0.05, 0.1) is 12.2 Å². The molecule has 0 aliphatic carbocycles. The van der Waals surface area contributed by atoms with Gasteiger partial charge in [0.25, 0.3) is 5.91 Å². The van der Waals surface area contributed by atoms with Crippen molar-refractivity contribution in [3.8, 4) is 5.75 Å². The summed E-state index contributed by atoms with van der Waals surface area (Å²) in [6, 6.07) is 1.51. The molecule has 0 fully saturated rings. The molecular formula is C11H13F2NO3. The molecule has 0 spiro atoms. The number of nitrogens with two attached hydrogens (primary N) is 1. The minimum Gasteiger partial charge on any atom is -0.490 e. The molecule has 2 N–H and O–H groups in total. The van der Waals surface area contributed by atoms with Crippen LogP contribution in [0.2, 0.25) is 0 Å². The van der Waals surface area contributed by atoms with E-state index in [1.165, 1.54) is 0 Å². The van der Waals surface area contributed by atoms with E-state index in [1.54, 1.807) is 0 Å². The molecule has 0 bridgehead atoms. The summed E-state index contributed by atoms with van der Waals surface area (Å²) in [5.41, 5.74) is 4.83. The Balaban J connectivity index is 2.81. The number of primary amides is 1. The Hall–Kier alpha value is -1.69. The zero-order valence-electron chi connectivity index (χ0n) is 9.33. The van der Waals surface area contributed by atoms with E-state index in [-0.39, 0.29) is 24.5 Å². The summed E-state index contributed by atoms with van der Waals surface area (Å²) in [6.45, 7) is 2.74. The fourth-order valence-electron chi connectivity index (χ4n) is 1.20. The number of carbonyl (C=O) groups excluding carboxylic acids is 1. The normalized spacial score (nSPS) is 10.3. The van der Waals surface area contributed by atoms with Crippen molar-refractivity contribution in [1.29, 1.82) is 0 Å². The summed E-state index contributed by atoms with van der Waals surface area (Å²) in [7, 11) is 0. The summed E-state index contributed by atoms with van der Waals surface area (Å²) >= 11 is 0. The first kappa shape index (κ1) is 13.4. The topological polar surface area (TPSA) is 61.6 Å². The summed E-state index contributed by atoms with van der Waals surface area (Å²) in [4.78, 5) is 11.0. The molecule has 1 aromatic carbocycles. The van der Waals surface area contributed by atoms with Crippen LogP contribution in [0.4, 0.5) is 8.78 Å². The minimum absolute atomic E-state index is 0.0869. The van der Waals surface area contributed by atoms with Gasteiger partial charge in [-0.15, -0.1) is 0 Å². The third kappa shape index (κ3) is 3.67. The smallest absolute Gasteiger partial charge is 0.252 e. The molecular weight excluding hydrogens is 232 g/mol. The van der Waals surface area contributed by atoms with E-state index >= 15 is 0 Å². The van der Waals surface area contributed by atoms with Crippen molar-refractivity contribution >= 4 is 5.91 Å². The maximum absolute atomic E-state index is 13.0. The predicted octanol–water partition coefficient (Wildman–Crippen LogP) is 1.48. The highest BCUT2D eigenvalue weighted by Gasteiger charge is 2.14. The number of carbonyl (C=O) groups is 1. The van der Waals surface area contributed by atoms with Gasteiger partial charge in [0.2, 0.25) is 0 Å². The van der Waals surface area contributed by atoms with Crippen LogP contribution in [-0.2, 0) is 4.74 Å². The van der Waals surface area contributed by atoms with Crippen LogP contribution in [0.25, 0.3) is 0 Å². The number of amides is 1. The lowest BCUT2D eigenvalue weighted by molar-refractivity contribution is 0.0977. The van der Waals surface area contributed by atoms with E-state index in [9.17, 15) is 13.6 Å². The van der Waals surface area contributed by atoms with E-state index < -0.39 is 17.5 Å². The molecule has 0 atom stereocenters. The van der Waals surface area contributed by atoms with Crippen molar-refractivity contribution in [3.63, 3.8) is 0 Å². The van der Waals surface area contributed by atoms with Gasteiger partial charge < -0.3 is 15.2 Å². The second-order valence-corrected chi connectivity index (χ2v) is 3.17. The third-order valence-electron chi connectivity index (χ3n) is 1.98. The second-order valence-electron chi connectivity index (χ2n) is 3.17. The van der Waals surface area contributed by atoms with Gasteiger partial charge in [-0.05, 0) is 13.0 Å². The van der Waals surface area contributed by atoms with Gasteiger partial charge in [-0.2, -0.15) is 0 Å². The molecule has 0 heterocycles. The number of benzene rings is 1. The Kier molecular flexibility index (Phi) is 4.84. The lowest BCUT2D eigenvalue weighted by atomic mass is 10.2. The van der Waals surface area contributed by atoms with E-state index in [0.29, 0.717) is 12.7 Å². The fourth-order valence-corrected chi connectivity index (χ4v) is 1.20. The van der Waals surface area contributed by atoms with Crippen molar-refractivity contribution in [1.82, 2.24) is 0 Å². The van der Waals surface area contributed by atoms with Crippen molar-refractivity contribution in [2.45, 2.75) is 6.92 Å². The second kappa shape index (κ2) is 6.15. The van der Waals surface area contributed by atoms with E-state index in [4.69, 9.17) is 15.2 Å². The zero-order chi connectivity index (χ0) is 12.8. The molecule has 0 aliphatic heterocycles. The summed E-state index contributed by atoms with van der Waals surface area (Å²) in [5, 5.41) is 0. The molecule has 1 aromatic rings. The van der Waals surface area contributed by atoms with Crippen LogP contribution in [0.15, 0.2) is 12.1 Å². The summed E-state index contributed by atoms with van der Waals surface area (Å²) in [5.74, 6) is -3.20. The SMILES string of the molecule is CCOCCOc1cc(F)c(F)cc1C(N)=O. The first-order valence-corrected chi connectivity index (χ1v) is 5.05. The largest absolute Gasteiger partial charge is 0.490 e. The van der Waals surface area contributed by atoms with Crippen LogP contribution >= 0.6 is 0 Å². The van der Waals surface area contributed by atoms with Crippen molar-refractivity contribution in [2.24, 2.45) is 5.73 Å². The van der Waals surface area contributed by atoms with Gasteiger partial charge in [0.15, 0.2) is 11.6 Å². The average molecular weight is 245 g/mol. The maximum atomic E-state index is 13.0. The number of hydrogen-bond donors (Lipinski definition) is 1. The van der Waals surface area contributed by atoms with Gasteiger partial charge in [0, 0.05) is 12.7 Å². The Bertz CT molecular complexity index is 410. The van der Waals surface area contributed by atoms with E-state index in [0.717, 1.165) is 6.07 Å². The minimum atomic E-state index is -1.14. The van der Waals surface area contributed by atoms with Crippen LogP contribution < -0.4 is 10.5 Å². The first-order chi connectivity index (χ1) is 8.06. The van der Waals surface area contributed by atoms with Crippen LogP contribution in [0, 0.1) is 11.6 Å². The molecule has 6 heteroatoms. The Morgan fingerprint density at radius 3 is 2.53 bits per heavy atom. The van der Waals surface area contributed by atoms with Crippen molar-refractivity contribution in [2.75, 3.05) is 19.8 Å². The Morgan fingerprint density at radius 1 is 1.29 bits per heavy atom. The zero-order valence-corrected chi connectivity index (χ0v) is 9.33. The number of ether oxygens (including phenoxy) is 2. The molecule has 94 valence electrons. The van der Waals surface area contributed by atoms with Gasteiger partial charge in [0.1, 0.15) is 12.4 Å². The first-order valence-electron chi connectivity index (χ1n) is 5.05. The highest BCUT2D eigenvalue weighted by atomic mass is 19.2. The summed E-state index contributed by atoms with van der Waals surface area (Å²) < 4.78 is 36.0. The maximum Gasteiger partial charge on any atom is 0.252 e. The highest BCUT2D eigenvalue weighted by Crippen LogP contribution is 2.22. The molecule has 0 saturated carbocycles. The standard InChI is InChI=1S/C11H13F2NO3/c1-2-16-3-4-17-10-6-9(13)8(12)5-7(10)11(14)15/h5-6H,2-4H2,1H3,(H2,14,15). The van der Waals surface area contributed by atoms with Crippen LogP contribution in [0.5, 0.6) is 5.75 Å². The number of rotatable bonds is 6. The lowest BCUT2D eigenvalue weighted by Gasteiger charge is -2.10. The van der Waals surface area contributed by atoms with Gasteiger partial charge >= 0.3 is 0 Å². The van der Waals surface area contributed by atoms with Gasteiger partial charge in [-0.1, -0.05) is 0 Å². The van der Waals surface area contributed by atoms with E-state index in [1.807, 2.05) is 6.92 Å². The van der Waals surface area contributed by atoms with Gasteiger partial charge in [-0.25, -0.2) is 8.78 Å². The molecule has 1 rings (SSSR count). The molecule has 0 unspecified atom stereocenters. The van der Waals surface area contributed by atoms with Crippen molar-refractivity contribution < 1.29 is 23.0 Å². The predicted molar refractivity (Wildman–Crippen MR) is 56.9 cm³/mol. The van der Waals surface area contributed by atoms with E-state index in [2.05, 4.69) is 0 Å². The quantitative estimate of drug-likeness (QED) is 0.772.